The molecule has 0 bridgehead atoms. The summed E-state index contributed by atoms with van der Waals surface area (Å²) in [5.41, 5.74) is 6.07. The zero-order valence-corrected chi connectivity index (χ0v) is 21.8. The van der Waals surface area contributed by atoms with Crippen LogP contribution in [0.2, 0.25) is 0 Å². The molecular weight excluding hydrogens is 452 g/mol. The van der Waals surface area contributed by atoms with Gasteiger partial charge in [0.05, 0.1) is 4.90 Å². The van der Waals surface area contributed by atoms with Gasteiger partial charge in [0.1, 0.15) is 11.0 Å². The van der Waals surface area contributed by atoms with Gasteiger partial charge in [0.15, 0.2) is 5.78 Å². The number of hydrogen-bond acceptors (Lipinski definition) is 3. The summed E-state index contributed by atoms with van der Waals surface area (Å²) in [7, 11) is -1.30. The van der Waals surface area contributed by atoms with Crippen molar-refractivity contribution in [3.63, 3.8) is 0 Å². The Morgan fingerprint density at radius 2 is 1.43 bits per heavy atom. The second-order valence-electron chi connectivity index (χ2n) is 9.11. The summed E-state index contributed by atoms with van der Waals surface area (Å²) in [6.45, 7) is 5.55. The number of carbonyl (C=O) groups excluding carboxylic acids is 1. The summed E-state index contributed by atoms with van der Waals surface area (Å²) in [5.74, 6) is 0.0217. The van der Waals surface area contributed by atoms with Crippen LogP contribution in [0.1, 0.15) is 67.9 Å². The van der Waals surface area contributed by atoms with Gasteiger partial charge in [0.2, 0.25) is 0 Å². The standard InChI is InChI=1S/C28H30N2O2S.C2H6/c1-20(31)21-15-17-26(18-16-21)33(32)29-24-9-6-10-25(19-24)30-27-11-4-2-7-22(27)13-14-23-8-3-5-12-28(23)30;1-2/h2-5,7-8,11-12,15-18,24-25,29H,6,9-10,13-14,19H2,1H3;1-2H3. The van der Waals surface area contributed by atoms with E-state index in [0.29, 0.717) is 16.5 Å². The van der Waals surface area contributed by atoms with Crippen LogP contribution in [0.25, 0.3) is 0 Å². The minimum Gasteiger partial charge on any atom is -0.338 e. The van der Waals surface area contributed by atoms with E-state index in [1.165, 1.54) is 22.5 Å². The fourth-order valence-electron chi connectivity index (χ4n) is 5.25. The molecule has 0 aromatic heterocycles. The van der Waals surface area contributed by atoms with Crippen LogP contribution in [0.5, 0.6) is 0 Å². The molecule has 1 aliphatic heterocycles. The van der Waals surface area contributed by atoms with E-state index in [1.54, 1.807) is 31.2 Å². The van der Waals surface area contributed by atoms with Gasteiger partial charge < -0.3 is 4.90 Å². The van der Waals surface area contributed by atoms with E-state index in [0.717, 1.165) is 38.5 Å². The Bertz CT molecular complexity index is 1130. The van der Waals surface area contributed by atoms with Crippen molar-refractivity contribution < 1.29 is 9.00 Å². The van der Waals surface area contributed by atoms with Crippen molar-refractivity contribution in [3.05, 3.63) is 89.5 Å². The largest absolute Gasteiger partial charge is 0.338 e. The van der Waals surface area contributed by atoms with Crippen molar-refractivity contribution in [2.45, 2.75) is 76.3 Å². The van der Waals surface area contributed by atoms with E-state index >= 15 is 0 Å². The van der Waals surface area contributed by atoms with Gasteiger partial charge in [0.25, 0.3) is 0 Å². The maximum Gasteiger partial charge on any atom is 0.159 e. The molecule has 0 amide bonds. The van der Waals surface area contributed by atoms with Crippen molar-refractivity contribution >= 4 is 28.1 Å². The van der Waals surface area contributed by atoms with Gasteiger partial charge >= 0.3 is 0 Å². The number of aryl methyl sites for hydroxylation is 2. The average molecular weight is 489 g/mol. The van der Waals surface area contributed by atoms with E-state index in [-0.39, 0.29) is 11.8 Å². The molecule has 1 aliphatic carbocycles. The molecule has 5 rings (SSSR count). The van der Waals surface area contributed by atoms with Crippen LogP contribution in [0.3, 0.4) is 0 Å². The Kier molecular flexibility index (Phi) is 8.53. The minimum absolute atomic E-state index is 0.0217. The van der Waals surface area contributed by atoms with Crippen LogP contribution in [-0.2, 0) is 23.8 Å². The molecule has 3 aromatic rings. The summed E-state index contributed by atoms with van der Waals surface area (Å²) in [5, 5.41) is 0. The summed E-state index contributed by atoms with van der Waals surface area (Å²) < 4.78 is 16.4. The Morgan fingerprint density at radius 3 is 2.00 bits per heavy atom. The second kappa shape index (κ2) is 11.8. The third-order valence-electron chi connectivity index (χ3n) is 6.93. The van der Waals surface area contributed by atoms with Crippen LogP contribution < -0.4 is 9.62 Å². The third-order valence-corrected chi connectivity index (χ3v) is 8.17. The molecule has 1 fully saturated rings. The lowest BCUT2D eigenvalue weighted by molar-refractivity contribution is 0.101. The molecule has 4 nitrogen and oxygen atoms in total. The molecule has 1 N–H and O–H groups in total. The van der Waals surface area contributed by atoms with Gasteiger partial charge in [0, 0.05) is 29.0 Å². The quantitative estimate of drug-likeness (QED) is 0.403. The molecule has 0 spiro atoms. The van der Waals surface area contributed by atoms with Gasteiger partial charge in [-0.05, 0) is 80.8 Å². The lowest BCUT2D eigenvalue weighted by Crippen LogP contribution is -2.43. The molecule has 184 valence electrons. The third kappa shape index (κ3) is 5.74. The molecule has 1 heterocycles. The predicted octanol–water partition coefficient (Wildman–Crippen LogP) is 6.78. The summed E-state index contributed by atoms with van der Waals surface area (Å²) >= 11 is 0. The number of Topliss-reactive ketones (excluding diaryl/α,β-unsaturated/α-hetero) is 1. The summed E-state index contributed by atoms with van der Waals surface area (Å²) in [4.78, 5) is 14.8. The van der Waals surface area contributed by atoms with Crippen LogP contribution in [0.15, 0.2) is 77.7 Å². The summed E-state index contributed by atoms with van der Waals surface area (Å²) in [6.07, 6.45) is 6.30. The number of nitrogens with one attached hydrogen (secondary N) is 1. The first-order valence-corrected chi connectivity index (χ1v) is 14.0. The molecule has 3 unspecified atom stereocenters. The highest BCUT2D eigenvalue weighted by molar-refractivity contribution is 7.83. The lowest BCUT2D eigenvalue weighted by Gasteiger charge is -2.40. The fourth-order valence-corrected chi connectivity index (χ4v) is 6.28. The predicted molar refractivity (Wildman–Crippen MR) is 146 cm³/mol. The highest BCUT2D eigenvalue weighted by atomic mass is 32.2. The van der Waals surface area contributed by atoms with Crippen molar-refractivity contribution in [2.24, 2.45) is 0 Å². The summed E-state index contributed by atoms with van der Waals surface area (Å²) in [6, 6.07) is 25.2. The first-order chi connectivity index (χ1) is 17.1. The highest BCUT2D eigenvalue weighted by Crippen LogP contribution is 2.40. The number of ketones is 1. The van der Waals surface area contributed by atoms with Crippen molar-refractivity contribution in [2.75, 3.05) is 4.90 Å². The molecule has 35 heavy (non-hydrogen) atoms. The Labute approximate surface area is 212 Å². The zero-order chi connectivity index (χ0) is 24.8. The maximum absolute atomic E-state index is 13.0. The topological polar surface area (TPSA) is 49.4 Å². The number of carbonyl (C=O) groups is 1. The second-order valence-corrected chi connectivity index (χ2v) is 10.4. The van der Waals surface area contributed by atoms with Gasteiger partial charge in [-0.3, -0.25) is 4.79 Å². The SMILES string of the molecule is CC.CC(=O)c1ccc(S(=O)NC2CCCC(N3c4ccccc4CCc4ccccc43)C2)cc1. The molecule has 0 saturated heterocycles. The fraction of sp³-hybridized carbons (Fsp3) is 0.367. The highest BCUT2D eigenvalue weighted by Gasteiger charge is 2.32. The number of para-hydroxylation sites is 2. The van der Waals surface area contributed by atoms with Crippen LogP contribution in [0.4, 0.5) is 11.4 Å². The Morgan fingerprint density at radius 1 is 0.857 bits per heavy atom. The number of fused-ring (bicyclic) bond motifs is 2. The van der Waals surface area contributed by atoms with Gasteiger partial charge in [-0.1, -0.05) is 62.4 Å². The molecule has 5 heteroatoms. The first kappa shape index (κ1) is 25.3. The first-order valence-electron chi connectivity index (χ1n) is 12.8. The van der Waals surface area contributed by atoms with Crippen molar-refractivity contribution in [1.29, 1.82) is 0 Å². The molecule has 3 aromatic carbocycles. The van der Waals surface area contributed by atoms with Crippen molar-refractivity contribution in [1.82, 2.24) is 4.72 Å². The molecule has 0 radical (unpaired) electrons. The molecule has 3 atom stereocenters. The Hall–Kier alpha value is -2.76. The monoisotopic (exact) mass is 488 g/mol. The van der Waals surface area contributed by atoms with Gasteiger partial charge in [-0.25, -0.2) is 8.93 Å². The van der Waals surface area contributed by atoms with E-state index in [1.807, 2.05) is 13.8 Å². The number of anilines is 2. The lowest BCUT2D eigenvalue weighted by atomic mass is 9.89. The van der Waals surface area contributed by atoms with E-state index in [4.69, 9.17) is 0 Å². The Balaban J connectivity index is 0.00000141. The zero-order valence-electron chi connectivity index (χ0n) is 21.0. The van der Waals surface area contributed by atoms with E-state index in [9.17, 15) is 9.00 Å². The molecule has 1 saturated carbocycles. The smallest absolute Gasteiger partial charge is 0.159 e. The van der Waals surface area contributed by atoms with Gasteiger partial charge in [-0.15, -0.1) is 0 Å². The average Bonchev–Trinajstić information content (AvgIpc) is 3.07. The van der Waals surface area contributed by atoms with Crippen molar-refractivity contribution in [3.8, 4) is 0 Å². The van der Waals surface area contributed by atoms with E-state index < -0.39 is 11.0 Å². The molecule has 2 aliphatic rings. The normalized spacial score (nSPS) is 19.9. The van der Waals surface area contributed by atoms with Crippen LogP contribution in [0, 0.1) is 0 Å². The van der Waals surface area contributed by atoms with Gasteiger partial charge in [-0.2, -0.15) is 0 Å². The van der Waals surface area contributed by atoms with Crippen LogP contribution >= 0.6 is 0 Å². The number of nitrogens with zero attached hydrogens (tertiary/aromatic N) is 1. The van der Waals surface area contributed by atoms with E-state index in [2.05, 4.69) is 58.2 Å². The molecular formula is C30H36N2O2S. The maximum atomic E-state index is 13.0. The number of rotatable bonds is 5. The minimum atomic E-state index is -1.30. The number of benzene rings is 3. The van der Waals surface area contributed by atoms with Crippen LogP contribution in [-0.4, -0.2) is 22.1 Å². The number of hydrogen-bond donors (Lipinski definition) is 1.